The second kappa shape index (κ2) is 8.84. The number of carbonyl (C=O) groups is 2. The summed E-state index contributed by atoms with van der Waals surface area (Å²) in [6.07, 6.45) is 0.559. The predicted octanol–water partition coefficient (Wildman–Crippen LogP) is 2.23. The van der Waals surface area contributed by atoms with E-state index in [9.17, 15) is 9.59 Å². The average Bonchev–Trinajstić information content (AvgIpc) is 2.43. The van der Waals surface area contributed by atoms with Gasteiger partial charge in [-0.15, -0.1) is 0 Å². The van der Waals surface area contributed by atoms with Gasteiger partial charge < -0.3 is 19.8 Å². The molecule has 0 aliphatic rings. The molecule has 6 nitrogen and oxygen atoms in total. The van der Waals surface area contributed by atoms with E-state index in [1.165, 1.54) is 0 Å². The van der Waals surface area contributed by atoms with Gasteiger partial charge in [-0.25, -0.2) is 0 Å². The average molecular weight is 295 g/mol. The first-order valence-electron chi connectivity index (χ1n) is 6.94. The molecule has 0 spiro atoms. The Balaban J connectivity index is 2.68. The lowest BCUT2D eigenvalue weighted by Crippen LogP contribution is -2.27. The maximum absolute atomic E-state index is 10.7. The molecule has 6 heteroatoms. The van der Waals surface area contributed by atoms with Gasteiger partial charge in [-0.05, 0) is 37.6 Å². The van der Waals surface area contributed by atoms with Crippen LogP contribution in [-0.2, 0) is 9.59 Å². The smallest absolute Gasteiger partial charge is 0.305 e. The highest BCUT2D eigenvalue weighted by Crippen LogP contribution is 2.20. The quantitative estimate of drug-likeness (QED) is 0.688. The van der Waals surface area contributed by atoms with Crippen molar-refractivity contribution in [3.05, 3.63) is 24.3 Å². The van der Waals surface area contributed by atoms with Crippen molar-refractivity contribution < 1.29 is 24.5 Å². The van der Waals surface area contributed by atoms with Gasteiger partial charge in [0.1, 0.15) is 5.75 Å². The van der Waals surface area contributed by atoms with Crippen LogP contribution in [-0.4, -0.2) is 41.8 Å². The fourth-order valence-electron chi connectivity index (χ4n) is 1.94. The van der Waals surface area contributed by atoms with Crippen molar-refractivity contribution in [2.45, 2.75) is 26.2 Å². The molecule has 0 aliphatic heterocycles. The standard InChI is InChI=1S/C15H21NO5/c1-2-21-13-7-5-12(6-8-13)16(11-9-15(19)20)10-3-4-14(17)18/h5-8H,2-4,9-11H2,1H3,(H,17,18)(H,19,20). The Morgan fingerprint density at radius 1 is 1.05 bits per heavy atom. The second-order valence-electron chi connectivity index (χ2n) is 4.55. The molecule has 116 valence electrons. The lowest BCUT2D eigenvalue weighted by molar-refractivity contribution is -0.138. The Bertz CT molecular complexity index is 458. The number of hydrogen-bond acceptors (Lipinski definition) is 4. The van der Waals surface area contributed by atoms with E-state index >= 15 is 0 Å². The molecule has 0 unspecified atom stereocenters. The Morgan fingerprint density at radius 3 is 2.19 bits per heavy atom. The van der Waals surface area contributed by atoms with Gasteiger partial charge in [-0.3, -0.25) is 9.59 Å². The first kappa shape index (κ1) is 16.8. The molecule has 0 atom stereocenters. The highest BCUT2D eigenvalue weighted by molar-refractivity contribution is 5.68. The van der Waals surface area contributed by atoms with Crippen LogP contribution < -0.4 is 9.64 Å². The number of ether oxygens (including phenoxy) is 1. The van der Waals surface area contributed by atoms with Gasteiger partial charge in [-0.1, -0.05) is 0 Å². The van der Waals surface area contributed by atoms with Crippen molar-refractivity contribution in [2.75, 3.05) is 24.6 Å². The van der Waals surface area contributed by atoms with Crippen LogP contribution in [0.1, 0.15) is 26.2 Å². The van der Waals surface area contributed by atoms with Gasteiger partial charge in [0, 0.05) is 25.2 Å². The molecule has 0 bridgehead atoms. The van der Waals surface area contributed by atoms with E-state index < -0.39 is 11.9 Å². The Morgan fingerprint density at radius 2 is 1.67 bits per heavy atom. The van der Waals surface area contributed by atoms with Crippen molar-refractivity contribution >= 4 is 17.6 Å². The number of carboxylic acids is 2. The van der Waals surface area contributed by atoms with Gasteiger partial charge in [0.15, 0.2) is 0 Å². The van der Waals surface area contributed by atoms with Crippen LogP contribution in [0.3, 0.4) is 0 Å². The minimum atomic E-state index is -0.871. The Kier molecular flexibility index (Phi) is 7.08. The summed E-state index contributed by atoms with van der Waals surface area (Å²) in [5.41, 5.74) is 0.866. The van der Waals surface area contributed by atoms with E-state index in [4.69, 9.17) is 14.9 Å². The Hall–Kier alpha value is -2.24. The van der Waals surface area contributed by atoms with Gasteiger partial charge >= 0.3 is 11.9 Å². The lowest BCUT2D eigenvalue weighted by atomic mass is 10.2. The molecule has 0 saturated heterocycles. The summed E-state index contributed by atoms with van der Waals surface area (Å²) in [6.45, 7) is 3.34. The molecule has 0 saturated carbocycles. The summed E-state index contributed by atoms with van der Waals surface area (Å²) in [5.74, 6) is -0.964. The minimum absolute atomic E-state index is 0.0142. The van der Waals surface area contributed by atoms with E-state index in [0.717, 1.165) is 11.4 Å². The van der Waals surface area contributed by atoms with Crippen LogP contribution in [0.5, 0.6) is 5.75 Å². The van der Waals surface area contributed by atoms with E-state index in [-0.39, 0.29) is 12.8 Å². The van der Waals surface area contributed by atoms with Gasteiger partial charge in [0.2, 0.25) is 0 Å². The van der Waals surface area contributed by atoms with E-state index in [0.29, 0.717) is 26.1 Å². The number of benzene rings is 1. The summed E-state index contributed by atoms with van der Waals surface area (Å²) >= 11 is 0. The van der Waals surface area contributed by atoms with E-state index in [2.05, 4.69) is 0 Å². The summed E-state index contributed by atoms with van der Waals surface area (Å²) in [5, 5.41) is 17.5. The van der Waals surface area contributed by atoms with Crippen LogP contribution in [0.4, 0.5) is 5.69 Å². The molecule has 0 heterocycles. The summed E-state index contributed by atoms with van der Waals surface area (Å²) in [4.78, 5) is 23.2. The van der Waals surface area contributed by atoms with E-state index in [1.54, 1.807) is 0 Å². The minimum Gasteiger partial charge on any atom is -0.494 e. The highest BCUT2D eigenvalue weighted by Gasteiger charge is 2.10. The molecule has 1 rings (SSSR count). The van der Waals surface area contributed by atoms with E-state index in [1.807, 2.05) is 36.1 Å². The number of carboxylic acid groups (broad SMARTS) is 2. The second-order valence-corrected chi connectivity index (χ2v) is 4.55. The van der Waals surface area contributed by atoms with Crippen LogP contribution in [0.25, 0.3) is 0 Å². The molecule has 0 fully saturated rings. The van der Waals surface area contributed by atoms with Crippen LogP contribution in [0.2, 0.25) is 0 Å². The first-order chi connectivity index (χ1) is 10.0. The zero-order valence-electron chi connectivity index (χ0n) is 12.1. The molecule has 0 radical (unpaired) electrons. The zero-order chi connectivity index (χ0) is 15.7. The lowest BCUT2D eigenvalue weighted by Gasteiger charge is -2.24. The van der Waals surface area contributed by atoms with Crippen molar-refractivity contribution in [1.82, 2.24) is 0 Å². The van der Waals surface area contributed by atoms with Crippen molar-refractivity contribution in [1.29, 1.82) is 0 Å². The fraction of sp³-hybridized carbons (Fsp3) is 0.467. The summed E-state index contributed by atoms with van der Waals surface area (Å²) in [6, 6.07) is 7.36. The molecule has 2 N–H and O–H groups in total. The van der Waals surface area contributed by atoms with Crippen molar-refractivity contribution in [3.63, 3.8) is 0 Å². The maximum atomic E-state index is 10.7. The maximum Gasteiger partial charge on any atom is 0.305 e. The molecule has 1 aromatic carbocycles. The third-order valence-electron chi connectivity index (χ3n) is 2.93. The van der Waals surface area contributed by atoms with Gasteiger partial charge in [0.05, 0.1) is 13.0 Å². The SMILES string of the molecule is CCOc1ccc(N(CCCC(=O)O)CCC(=O)O)cc1. The largest absolute Gasteiger partial charge is 0.494 e. The van der Waals surface area contributed by atoms with Gasteiger partial charge in [-0.2, -0.15) is 0 Å². The summed E-state index contributed by atoms with van der Waals surface area (Å²) in [7, 11) is 0. The molecule has 21 heavy (non-hydrogen) atoms. The Labute approximate surface area is 124 Å². The molecular formula is C15H21NO5. The van der Waals surface area contributed by atoms with Crippen molar-refractivity contribution in [2.24, 2.45) is 0 Å². The predicted molar refractivity (Wildman–Crippen MR) is 78.9 cm³/mol. The monoisotopic (exact) mass is 295 g/mol. The zero-order valence-corrected chi connectivity index (χ0v) is 12.1. The van der Waals surface area contributed by atoms with Crippen molar-refractivity contribution in [3.8, 4) is 5.75 Å². The number of nitrogens with zero attached hydrogens (tertiary/aromatic N) is 1. The number of aliphatic carboxylic acids is 2. The number of anilines is 1. The molecule has 0 aliphatic carbocycles. The molecule has 0 amide bonds. The summed E-state index contributed by atoms with van der Waals surface area (Å²) < 4.78 is 5.36. The number of hydrogen-bond donors (Lipinski definition) is 2. The molecular weight excluding hydrogens is 274 g/mol. The van der Waals surface area contributed by atoms with Crippen LogP contribution >= 0.6 is 0 Å². The normalized spacial score (nSPS) is 10.1. The topological polar surface area (TPSA) is 87.1 Å². The van der Waals surface area contributed by atoms with Crippen LogP contribution in [0.15, 0.2) is 24.3 Å². The highest BCUT2D eigenvalue weighted by atomic mass is 16.5. The number of rotatable bonds is 10. The fourth-order valence-corrected chi connectivity index (χ4v) is 1.94. The first-order valence-corrected chi connectivity index (χ1v) is 6.94. The molecule has 0 aromatic heterocycles. The molecule has 1 aromatic rings. The van der Waals surface area contributed by atoms with Gasteiger partial charge in [0.25, 0.3) is 0 Å². The third-order valence-corrected chi connectivity index (χ3v) is 2.93. The third kappa shape index (κ3) is 6.65. The van der Waals surface area contributed by atoms with Crippen LogP contribution in [0, 0.1) is 0 Å².